The molecule has 1 fully saturated rings. The van der Waals surface area contributed by atoms with Crippen molar-refractivity contribution in [3.8, 4) is 0 Å². The zero-order chi connectivity index (χ0) is 15.1. The Bertz CT molecular complexity index is 402. The molecule has 1 N–H and O–H groups in total. The van der Waals surface area contributed by atoms with Crippen molar-refractivity contribution in [1.29, 1.82) is 0 Å². The van der Waals surface area contributed by atoms with Crippen molar-refractivity contribution in [3.05, 3.63) is 16.1 Å². The number of aromatic nitrogens is 1. The molecule has 0 saturated heterocycles. The van der Waals surface area contributed by atoms with Crippen molar-refractivity contribution in [1.82, 2.24) is 15.2 Å². The Morgan fingerprint density at radius 3 is 2.81 bits per heavy atom. The highest BCUT2D eigenvalue weighted by Crippen LogP contribution is 2.20. The SMILES string of the molecule is CCC(CC)N(CCOC)Cc1csc(CNC2CC2)n1. The molecule has 1 aromatic heterocycles. The van der Waals surface area contributed by atoms with Crippen molar-refractivity contribution < 1.29 is 4.74 Å². The van der Waals surface area contributed by atoms with Crippen LogP contribution in [-0.4, -0.2) is 42.2 Å². The minimum atomic E-state index is 0.620. The van der Waals surface area contributed by atoms with Gasteiger partial charge in [0.1, 0.15) is 5.01 Å². The van der Waals surface area contributed by atoms with Gasteiger partial charge >= 0.3 is 0 Å². The second-order valence-electron chi connectivity index (χ2n) is 5.82. The molecule has 1 aliphatic rings. The Balaban J connectivity index is 1.87. The maximum Gasteiger partial charge on any atom is 0.107 e. The highest BCUT2D eigenvalue weighted by Gasteiger charge is 2.21. The molecule has 120 valence electrons. The lowest BCUT2D eigenvalue weighted by Gasteiger charge is -2.29. The van der Waals surface area contributed by atoms with Gasteiger partial charge in [-0.1, -0.05) is 13.8 Å². The molecular weight excluding hydrogens is 282 g/mol. The Hall–Kier alpha value is -0.490. The van der Waals surface area contributed by atoms with Gasteiger partial charge in [0.05, 0.1) is 12.3 Å². The zero-order valence-corrected chi connectivity index (χ0v) is 14.4. The van der Waals surface area contributed by atoms with Crippen LogP contribution in [0.3, 0.4) is 0 Å². The largest absolute Gasteiger partial charge is 0.383 e. The van der Waals surface area contributed by atoms with E-state index in [1.807, 2.05) is 0 Å². The summed E-state index contributed by atoms with van der Waals surface area (Å²) in [5, 5.41) is 6.96. The lowest BCUT2D eigenvalue weighted by atomic mass is 10.1. The molecule has 0 bridgehead atoms. The van der Waals surface area contributed by atoms with E-state index in [9.17, 15) is 0 Å². The molecule has 0 spiro atoms. The number of ether oxygens (including phenoxy) is 1. The van der Waals surface area contributed by atoms with Gasteiger partial charge in [0.2, 0.25) is 0 Å². The lowest BCUT2D eigenvalue weighted by Crippen LogP contribution is -2.36. The third kappa shape index (κ3) is 5.66. The summed E-state index contributed by atoms with van der Waals surface area (Å²) in [4.78, 5) is 7.29. The molecule has 1 saturated carbocycles. The van der Waals surface area contributed by atoms with Crippen LogP contribution in [0.15, 0.2) is 5.38 Å². The number of rotatable bonds is 11. The van der Waals surface area contributed by atoms with Crippen LogP contribution in [0.25, 0.3) is 0 Å². The Morgan fingerprint density at radius 2 is 2.19 bits per heavy atom. The Labute approximate surface area is 132 Å². The Kier molecular flexibility index (Phi) is 7.10. The zero-order valence-electron chi connectivity index (χ0n) is 13.6. The van der Waals surface area contributed by atoms with Gasteiger partial charge in [-0.25, -0.2) is 4.98 Å². The van der Waals surface area contributed by atoms with Crippen LogP contribution in [0, 0.1) is 0 Å². The van der Waals surface area contributed by atoms with E-state index in [4.69, 9.17) is 9.72 Å². The van der Waals surface area contributed by atoms with Crippen molar-refractivity contribution in [3.63, 3.8) is 0 Å². The molecule has 5 heteroatoms. The molecule has 2 rings (SSSR count). The van der Waals surface area contributed by atoms with Crippen LogP contribution in [0.5, 0.6) is 0 Å². The fourth-order valence-electron chi connectivity index (χ4n) is 2.63. The number of hydrogen-bond acceptors (Lipinski definition) is 5. The first kappa shape index (κ1) is 16.9. The fourth-order valence-corrected chi connectivity index (χ4v) is 3.37. The minimum absolute atomic E-state index is 0.620. The van der Waals surface area contributed by atoms with E-state index in [0.717, 1.165) is 32.3 Å². The molecule has 0 aromatic carbocycles. The van der Waals surface area contributed by atoms with Crippen LogP contribution in [0.4, 0.5) is 0 Å². The first-order valence-corrected chi connectivity index (χ1v) is 9.04. The average molecular weight is 311 g/mol. The highest BCUT2D eigenvalue weighted by molar-refractivity contribution is 7.09. The molecule has 0 unspecified atom stereocenters. The molecule has 1 aliphatic carbocycles. The highest BCUT2D eigenvalue weighted by atomic mass is 32.1. The molecule has 0 radical (unpaired) electrons. The summed E-state index contributed by atoms with van der Waals surface area (Å²) in [5.41, 5.74) is 1.20. The van der Waals surface area contributed by atoms with E-state index in [1.165, 1.54) is 36.4 Å². The molecule has 0 atom stereocenters. The van der Waals surface area contributed by atoms with Crippen molar-refractivity contribution in [2.75, 3.05) is 20.3 Å². The van der Waals surface area contributed by atoms with Gasteiger partial charge in [0.15, 0.2) is 0 Å². The number of methoxy groups -OCH3 is 1. The van der Waals surface area contributed by atoms with Gasteiger partial charge in [-0.15, -0.1) is 11.3 Å². The van der Waals surface area contributed by atoms with Crippen LogP contribution < -0.4 is 5.32 Å². The maximum absolute atomic E-state index is 5.26. The van der Waals surface area contributed by atoms with Gasteiger partial charge in [0, 0.05) is 44.2 Å². The Morgan fingerprint density at radius 1 is 1.43 bits per heavy atom. The molecule has 4 nitrogen and oxygen atoms in total. The number of thiazole rings is 1. The second kappa shape index (κ2) is 8.83. The number of hydrogen-bond donors (Lipinski definition) is 1. The summed E-state index contributed by atoms with van der Waals surface area (Å²) in [6.07, 6.45) is 5.02. The first-order valence-electron chi connectivity index (χ1n) is 8.16. The van der Waals surface area contributed by atoms with Crippen molar-refractivity contribution >= 4 is 11.3 Å². The lowest BCUT2D eigenvalue weighted by molar-refractivity contribution is 0.109. The fraction of sp³-hybridized carbons (Fsp3) is 0.812. The third-order valence-electron chi connectivity index (χ3n) is 4.13. The quantitative estimate of drug-likeness (QED) is 0.681. The van der Waals surface area contributed by atoms with Crippen LogP contribution >= 0.6 is 11.3 Å². The standard InChI is InChI=1S/C16H29N3OS/c1-4-15(5-2)19(8-9-20-3)11-14-12-21-16(18-14)10-17-13-6-7-13/h12-13,15,17H,4-11H2,1-3H3. The maximum atomic E-state index is 5.26. The smallest absolute Gasteiger partial charge is 0.107 e. The van der Waals surface area contributed by atoms with Gasteiger partial charge in [-0.2, -0.15) is 0 Å². The third-order valence-corrected chi connectivity index (χ3v) is 5.02. The minimum Gasteiger partial charge on any atom is -0.383 e. The molecule has 0 aliphatic heterocycles. The second-order valence-corrected chi connectivity index (χ2v) is 6.76. The topological polar surface area (TPSA) is 37.4 Å². The summed E-state index contributed by atoms with van der Waals surface area (Å²) in [5.74, 6) is 0. The van der Waals surface area contributed by atoms with E-state index in [-0.39, 0.29) is 0 Å². The van der Waals surface area contributed by atoms with Crippen LogP contribution in [0.1, 0.15) is 50.2 Å². The van der Waals surface area contributed by atoms with Crippen molar-refractivity contribution in [2.24, 2.45) is 0 Å². The van der Waals surface area contributed by atoms with Crippen LogP contribution in [0.2, 0.25) is 0 Å². The average Bonchev–Trinajstić information content (AvgIpc) is 3.23. The predicted molar refractivity (Wildman–Crippen MR) is 88.6 cm³/mol. The van der Waals surface area contributed by atoms with E-state index < -0.39 is 0 Å². The van der Waals surface area contributed by atoms with Gasteiger partial charge in [-0.3, -0.25) is 4.90 Å². The molecule has 21 heavy (non-hydrogen) atoms. The number of nitrogens with one attached hydrogen (secondary N) is 1. The number of nitrogens with zero attached hydrogens (tertiary/aromatic N) is 2. The van der Waals surface area contributed by atoms with Crippen molar-refractivity contribution in [2.45, 2.75) is 64.7 Å². The summed E-state index contributed by atoms with van der Waals surface area (Å²) in [6.45, 7) is 8.17. The molecule has 1 heterocycles. The van der Waals surface area contributed by atoms with Gasteiger partial charge in [0.25, 0.3) is 0 Å². The van der Waals surface area contributed by atoms with Crippen LogP contribution in [-0.2, 0) is 17.8 Å². The molecule has 0 amide bonds. The van der Waals surface area contributed by atoms with E-state index >= 15 is 0 Å². The normalized spacial score (nSPS) is 15.3. The summed E-state index contributed by atoms with van der Waals surface area (Å²) < 4.78 is 5.26. The molecular formula is C16H29N3OS. The van der Waals surface area contributed by atoms with E-state index in [0.29, 0.717) is 6.04 Å². The van der Waals surface area contributed by atoms with Gasteiger partial charge in [-0.05, 0) is 25.7 Å². The first-order chi connectivity index (χ1) is 10.3. The van der Waals surface area contributed by atoms with Gasteiger partial charge < -0.3 is 10.1 Å². The van der Waals surface area contributed by atoms with E-state index in [1.54, 1.807) is 18.4 Å². The molecule has 1 aromatic rings. The summed E-state index contributed by atoms with van der Waals surface area (Å²) in [7, 11) is 1.77. The monoisotopic (exact) mass is 311 g/mol. The van der Waals surface area contributed by atoms with E-state index in [2.05, 4.69) is 29.4 Å². The summed E-state index contributed by atoms with van der Waals surface area (Å²) in [6, 6.07) is 1.37. The predicted octanol–water partition coefficient (Wildman–Crippen LogP) is 3.03. The summed E-state index contributed by atoms with van der Waals surface area (Å²) >= 11 is 1.78.